The van der Waals surface area contributed by atoms with Gasteiger partial charge < -0.3 is 14.1 Å². The highest BCUT2D eigenvalue weighted by molar-refractivity contribution is 5.95. The normalized spacial score (nSPS) is 11.8. The summed E-state index contributed by atoms with van der Waals surface area (Å²) in [5.74, 6) is 0. The molecular formula is C20H19N3O3. The monoisotopic (exact) mass is 349 g/mol. The number of carbonyl (C=O) groups is 1. The molecule has 4 rings (SSSR count). The molecule has 0 unspecified atom stereocenters. The minimum absolute atomic E-state index is 0.415. The van der Waals surface area contributed by atoms with E-state index in [0.29, 0.717) is 0 Å². The highest BCUT2D eigenvalue weighted by Crippen LogP contribution is 2.31. The van der Waals surface area contributed by atoms with Crippen LogP contribution in [0.15, 0.2) is 59.8 Å². The summed E-state index contributed by atoms with van der Waals surface area (Å²) in [7, 11) is 0. The summed E-state index contributed by atoms with van der Waals surface area (Å²) in [4.78, 5) is 20.1. The fourth-order valence-electron chi connectivity index (χ4n) is 2.89. The number of hydrogen-bond donors (Lipinski definition) is 1. The lowest BCUT2D eigenvalue weighted by atomic mass is 10.1. The summed E-state index contributed by atoms with van der Waals surface area (Å²) >= 11 is 0. The van der Waals surface area contributed by atoms with E-state index in [1.165, 1.54) is 4.57 Å². The van der Waals surface area contributed by atoms with Crippen LogP contribution in [0.5, 0.6) is 0 Å². The second kappa shape index (κ2) is 5.91. The van der Waals surface area contributed by atoms with Gasteiger partial charge in [-0.3, -0.25) is 4.57 Å². The Bertz CT molecular complexity index is 1070. The maximum absolute atomic E-state index is 12.5. The molecule has 6 nitrogen and oxygen atoms in total. The van der Waals surface area contributed by atoms with Crippen molar-refractivity contribution >= 4 is 17.1 Å². The molecule has 0 radical (unpaired) electrons. The number of nitrogens with zero attached hydrogens (tertiary/aromatic N) is 2. The van der Waals surface area contributed by atoms with Gasteiger partial charge in [0, 0.05) is 40.7 Å². The zero-order chi connectivity index (χ0) is 18.3. The molecule has 0 saturated heterocycles. The average molecular weight is 349 g/mol. The first kappa shape index (κ1) is 16.2. The summed E-state index contributed by atoms with van der Waals surface area (Å²) in [6.07, 6.45) is 8.26. The molecule has 6 heteroatoms. The molecule has 0 bridgehead atoms. The second-order valence-corrected chi connectivity index (χ2v) is 7.08. The average Bonchev–Trinajstić information content (AvgIpc) is 3.31. The van der Waals surface area contributed by atoms with Gasteiger partial charge in [-0.25, -0.2) is 9.78 Å². The molecule has 0 atom stereocenters. The minimum atomic E-state index is -0.560. The van der Waals surface area contributed by atoms with Crippen molar-refractivity contribution in [2.45, 2.75) is 26.4 Å². The van der Waals surface area contributed by atoms with E-state index in [4.69, 9.17) is 9.15 Å². The van der Waals surface area contributed by atoms with Gasteiger partial charge in [-0.2, -0.15) is 0 Å². The minimum Gasteiger partial charge on any atom is -0.472 e. The lowest BCUT2D eigenvalue weighted by Crippen LogP contribution is -2.27. The third-order valence-electron chi connectivity index (χ3n) is 4.00. The summed E-state index contributed by atoms with van der Waals surface area (Å²) in [6.45, 7) is 5.54. The number of furan rings is 1. The van der Waals surface area contributed by atoms with Crippen LogP contribution in [-0.2, 0) is 4.74 Å². The van der Waals surface area contributed by atoms with Crippen molar-refractivity contribution in [3.05, 3.63) is 55.4 Å². The van der Waals surface area contributed by atoms with Gasteiger partial charge in [0.1, 0.15) is 11.2 Å². The van der Waals surface area contributed by atoms with E-state index >= 15 is 0 Å². The van der Waals surface area contributed by atoms with Crippen LogP contribution >= 0.6 is 0 Å². The molecule has 0 saturated carbocycles. The van der Waals surface area contributed by atoms with Crippen LogP contribution in [0.4, 0.5) is 4.79 Å². The number of nitrogens with one attached hydrogen (secondary N) is 1. The number of pyridine rings is 1. The SMILES string of the molecule is CC(C)(C)OC(=O)n1cccc1-c1cnc2[nH]cc(-c3ccoc3)c2c1. The van der Waals surface area contributed by atoms with Crippen molar-refractivity contribution in [3.8, 4) is 22.4 Å². The van der Waals surface area contributed by atoms with Crippen molar-refractivity contribution in [1.82, 2.24) is 14.5 Å². The predicted molar refractivity (Wildman–Crippen MR) is 98.9 cm³/mol. The smallest absolute Gasteiger partial charge is 0.418 e. The number of rotatable bonds is 2. The Hall–Kier alpha value is -3.28. The van der Waals surface area contributed by atoms with E-state index in [-0.39, 0.29) is 0 Å². The number of H-pyrrole nitrogens is 1. The molecule has 0 spiro atoms. The largest absolute Gasteiger partial charge is 0.472 e. The quantitative estimate of drug-likeness (QED) is 0.548. The van der Waals surface area contributed by atoms with Gasteiger partial charge in [-0.15, -0.1) is 0 Å². The Kier molecular flexibility index (Phi) is 3.68. The molecule has 4 aromatic rings. The zero-order valence-corrected chi connectivity index (χ0v) is 14.8. The molecule has 0 aliphatic carbocycles. The van der Waals surface area contributed by atoms with Crippen LogP contribution in [0.1, 0.15) is 20.8 Å². The standard InChI is InChI=1S/C20H19N3O3/c1-20(2,3)26-19(24)23-7-4-5-17(23)14-9-15-16(13-6-8-25-12-13)11-22-18(15)21-10-14/h4-12H,1-3H3,(H,21,22). The van der Waals surface area contributed by atoms with Gasteiger partial charge in [-0.05, 0) is 45.0 Å². The van der Waals surface area contributed by atoms with Crippen molar-refractivity contribution < 1.29 is 13.9 Å². The Labute approximate surface area is 150 Å². The lowest BCUT2D eigenvalue weighted by molar-refractivity contribution is 0.0540. The van der Waals surface area contributed by atoms with Gasteiger partial charge in [0.25, 0.3) is 0 Å². The number of aromatic nitrogens is 3. The van der Waals surface area contributed by atoms with Crippen molar-refractivity contribution in [2.75, 3.05) is 0 Å². The summed E-state index contributed by atoms with van der Waals surface area (Å²) in [5, 5.41) is 0.959. The zero-order valence-electron chi connectivity index (χ0n) is 14.8. The van der Waals surface area contributed by atoms with E-state index in [1.54, 1.807) is 24.9 Å². The highest BCUT2D eigenvalue weighted by atomic mass is 16.6. The van der Waals surface area contributed by atoms with E-state index in [0.717, 1.165) is 33.4 Å². The van der Waals surface area contributed by atoms with Crippen molar-refractivity contribution in [2.24, 2.45) is 0 Å². The van der Waals surface area contributed by atoms with Crippen molar-refractivity contribution in [1.29, 1.82) is 0 Å². The fourth-order valence-corrected chi connectivity index (χ4v) is 2.89. The molecule has 4 heterocycles. The predicted octanol–water partition coefficient (Wildman–Crippen LogP) is 5.07. The Balaban J connectivity index is 1.78. The van der Waals surface area contributed by atoms with Crippen LogP contribution in [0.25, 0.3) is 33.4 Å². The molecule has 1 N–H and O–H groups in total. The first-order valence-electron chi connectivity index (χ1n) is 8.33. The van der Waals surface area contributed by atoms with Crippen LogP contribution < -0.4 is 0 Å². The number of carbonyl (C=O) groups excluding carboxylic acids is 1. The van der Waals surface area contributed by atoms with Gasteiger partial charge in [-0.1, -0.05) is 0 Å². The maximum Gasteiger partial charge on any atom is 0.418 e. The van der Waals surface area contributed by atoms with Gasteiger partial charge >= 0.3 is 6.09 Å². The topological polar surface area (TPSA) is 73.1 Å². The first-order valence-corrected chi connectivity index (χ1v) is 8.33. The second-order valence-electron chi connectivity index (χ2n) is 7.08. The molecule has 0 amide bonds. The van der Waals surface area contributed by atoms with E-state index in [2.05, 4.69) is 9.97 Å². The summed E-state index contributed by atoms with van der Waals surface area (Å²) < 4.78 is 12.2. The Morgan fingerprint density at radius 1 is 1.27 bits per heavy atom. The van der Waals surface area contributed by atoms with Crippen LogP contribution in [-0.4, -0.2) is 26.2 Å². The molecular weight excluding hydrogens is 330 g/mol. The maximum atomic E-state index is 12.5. The lowest BCUT2D eigenvalue weighted by Gasteiger charge is -2.20. The molecule has 132 valence electrons. The molecule has 0 fully saturated rings. The number of aromatic amines is 1. The Morgan fingerprint density at radius 2 is 2.12 bits per heavy atom. The fraction of sp³-hybridized carbons (Fsp3) is 0.200. The third-order valence-corrected chi connectivity index (χ3v) is 4.00. The van der Waals surface area contributed by atoms with Crippen LogP contribution in [0.2, 0.25) is 0 Å². The molecule has 0 aliphatic heterocycles. The van der Waals surface area contributed by atoms with Gasteiger partial charge in [0.2, 0.25) is 0 Å². The third kappa shape index (κ3) is 2.90. The molecule has 26 heavy (non-hydrogen) atoms. The number of hydrogen-bond acceptors (Lipinski definition) is 4. The van der Waals surface area contributed by atoms with E-state index in [1.807, 2.05) is 51.2 Å². The van der Waals surface area contributed by atoms with Gasteiger partial charge in [0.15, 0.2) is 0 Å². The Morgan fingerprint density at radius 3 is 2.85 bits per heavy atom. The van der Waals surface area contributed by atoms with Crippen LogP contribution in [0, 0.1) is 0 Å². The molecule has 0 aromatic carbocycles. The summed E-state index contributed by atoms with van der Waals surface area (Å²) in [5.41, 5.74) is 3.75. The number of fused-ring (bicyclic) bond motifs is 1. The summed E-state index contributed by atoms with van der Waals surface area (Å²) in [6, 6.07) is 7.60. The van der Waals surface area contributed by atoms with E-state index in [9.17, 15) is 4.79 Å². The van der Waals surface area contributed by atoms with Crippen molar-refractivity contribution in [3.63, 3.8) is 0 Å². The van der Waals surface area contributed by atoms with E-state index < -0.39 is 11.7 Å². The van der Waals surface area contributed by atoms with Gasteiger partial charge in [0.05, 0.1) is 18.2 Å². The van der Waals surface area contributed by atoms with Crippen LogP contribution in [0.3, 0.4) is 0 Å². The molecule has 4 aromatic heterocycles. The molecule has 0 aliphatic rings. The number of ether oxygens (including phenoxy) is 1. The first-order chi connectivity index (χ1) is 12.4. The highest BCUT2D eigenvalue weighted by Gasteiger charge is 2.20.